The van der Waals surface area contributed by atoms with Crippen LogP contribution in [-0.2, 0) is 10.0 Å². The molecule has 0 saturated heterocycles. The van der Waals surface area contributed by atoms with Crippen molar-refractivity contribution < 1.29 is 17.9 Å². The molecule has 2 aliphatic rings. The van der Waals surface area contributed by atoms with Crippen LogP contribution in [0.3, 0.4) is 0 Å². The maximum Gasteiger partial charge on any atom is 0.262 e. The number of carbonyl (C=O) groups is 1. The van der Waals surface area contributed by atoms with Crippen molar-refractivity contribution in [2.24, 2.45) is 17.8 Å². The molecule has 2 fully saturated rings. The van der Waals surface area contributed by atoms with Gasteiger partial charge in [0.15, 0.2) is 0 Å². The topological polar surface area (TPSA) is 84.5 Å². The van der Waals surface area contributed by atoms with Crippen LogP contribution in [-0.4, -0.2) is 27.5 Å². The summed E-state index contributed by atoms with van der Waals surface area (Å²) in [7, 11) is -2.31. The maximum absolute atomic E-state index is 12.7. The molecule has 0 aliphatic heterocycles. The molecule has 1 amide bonds. The molecule has 2 aromatic rings. The monoisotopic (exact) mass is 428 g/mol. The van der Waals surface area contributed by atoms with Crippen molar-refractivity contribution in [3.05, 3.63) is 54.1 Å². The number of hydrogen-bond donors (Lipinski definition) is 2. The van der Waals surface area contributed by atoms with Crippen LogP contribution in [0.25, 0.3) is 0 Å². The number of amides is 1. The van der Waals surface area contributed by atoms with Gasteiger partial charge in [-0.15, -0.1) is 0 Å². The maximum atomic E-state index is 12.7. The third-order valence-corrected chi connectivity index (χ3v) is 7.95. The van der Waals surface area contributed by atoms with Crippen molar-refractivity contribution in [1.29, 1.82) is 0 Å². The van der Waals surface area contributed by atoms with E-state index in [0.717, 1.165) is 11.8 Å². The number of anilines is 1. The van der Waals surface area contributed by atoms with Gasteiger partial charge in [0.1, 0.15) is 5.75 Å². The van der Waals surface area contributed by atoms with Gasteiger partial charge in [-0.1, -0.05) is 18.6 Å². The first-order valence-corrected chi connectivity index (χ1v) is 11.9. The summed E-state index contributed by atoms with van der Waals surface area (Å²) in [5, 5.41) is 3.12. The highest BCUT2D eigenvalue weighted by atomic mass is 32.2. The van der Waals surface area contributed by atoms with Gasteiger partial charge in [0.2, 0.25) is 0 Å². The zero-order valence-electron chi connectivity index (χ0n) is 17.3. The highest BCUT2D eigenvalue weighted by Crippen LogP contribution is 2.49. The van der Waals surface area contributed by atoms with Gasteiger partial charge in [-0.05, 0) is 80.3 Å². The van der Waals surface area contributed by atoms with Gasteiger partial charge in [-0.25, -0.2) is 8.42 Å². The Kier molecular flexibility index (Phi) is 5.73. The lowest BCUT2D eigenvalue weighted by Crippen LogP contribution is -2.40. The molecule has 0 heterocycles. The molecule has 6 nitrogen and oxygen atoms in total. The van der Waals surface area contributed by atoms with Gasteiger partial charge < -0.3 is 10.1 Å². The molecule has 0 aromatic heterocycles. The minimum absolute atomic E-state index is 0.0890. The lowest BCUT2D eigenvalue weighted by Gasteiger charge is -2.28. The molecule has 4 unspecified atom stereocenters. The molecular weight excluding hydrogens is 400 g/mol. The number of sulfonamides is 1. The second kappa shape index (κ2) is 8.30. The fourth-order valence-corrected chi connectivity index (χ4v) is 6.09. The van der Waals surface area contributed by atoms with Crippen molar-refractivity contribution in [2.75, 3.05) is 11.8 Å². The zero-order valence-corrected chi connectivity index (χ0v) is 18.1. The molecule has 2 aromatic carbocycles. The van der Waals surface area contributed by atoms with Gasteiger partial charge >= 0.3 is 0 Å². The molecule has 2 bridgehead atoms. The summed E-state index contributed by atoms with van der Waals surface area (Å²) in [6.45, 7) is 2.08. The number of para-hydroxylation sites is 2. The van der Waals surface area contributed by atoms with E-state index in [9.17, 15) is 13.2 Å². The van der Waals surface area contributed by atoms with Crippen molar-refractivity contribution in [3.63, 3.8) is 0 Å². The molecule has 2 N–H and O–H groups in total. The van der Waals surface area contributed by atoms with Crippen LogP contribution in [0.15, 0.2) is 53.4 Å². The Morgan fingerprint density at radius 1 is 1.07 bits per heavy atom. The van der Waals surface area contributed by atoms with E-state index in [1.54, 1.807) is 36.4 Å². The average molecular weight is 429 g/mol. The Balaban J connectivity index is 1.42. The third kappa shape index (κ3) is 4.17. The van der Waals surface area contributed by atoms with E-state index in [2.05, 4.69) is 17.0 Å². The smallest absolute Gasteiger partial charge is 0.262 e. The fourth-order valence-electron chi connectivity index (χ4n) is 5.02. The summed E-state index contributed by atoms with van der Waals surface area (Å²) in [5.74, 6) is 2.40. The average Bonchev–Trinajstić information content (AvgIpc) is 3.38. The van der Waals surface area contributed by atoms with Crippen LogP contribution in [0.4, 0.5) is 5.69 Å². The predicted octanol–water partition coefficient (Wildman–Crippen LogP) is 4.05. The Hall–Kier alpha value is -2.54. The minimum Gasteiger partial charge on any atom is -0.495 e. The molecule has 0 spiro atoms. The van der Waals surface area contributed by atoms with E-state index in [-0.39, 0.29) is 16.8 Å². The number of benzene rings is 2. The largest absolute Gasteiger partial charge is 0.495 e. The Bertz CT molecular complexity index is 1020. The number of ether oxygens (including phenoxy) is 1. The number of rotatable bonds is 7. The SMILES string of the molecule is COc1ccccc1NS(=O)(=O)c1ccc(C(=O)NC(C)C2CC3CCC2C3)cc1. The van der Waals surface area contributed by atoms with Crippen molar-refractivity contribution in [3.8, 4) is 5.75 Å². The van der Waals surface area contributed by atoms with E-state index in [1.807, 2.05) is 0 Å². The summed E-state index contributed by atoms with van der Waals surface area (Å²) in [5.41, 5.74) is 0.822. The lowest BCUT2D eigenvalue weighted by atomic mass is 9.84. The minimum atomic E-state index is -3.79. The molecule has 2 saturated carbocycles. The van der Waals surface area contributed by atoms with E-state index in [1.165, 1.54) is 44.9 Å². The van der Waals surface area contributed by atoms with E-state index < -0.39 is 10.0 Å². The molecule has 4 atom stereocenters. The predicted molar refractivity (Wildman–Crippen MR) is 116 cm³/mol. The first-order valence-electron chi connectivity index (χ1n) is 10.4. The highest BCUT2D eigenvalue weighted by Gasteiger charge is 2.42. The fraction of sp³-hybridized carbons (Fsp3) is 0.435. The lowest BCUT2D eigenvalue weighted by molar-refractivity contribution is 0.0915. The molecule has 30 heavy (non-hydrogen) atoms. The van der Waals surface area contributed by atoms with E-state index >= 15 is 0 Å². The van der Waals surface area contributed by atoms with Crippen molar-refractivity contribution in [1.82, 2.24) is 5.32 Å². The van der Waals surface area contributed by atoms with Gasteiger partial charge in [-0.2, -0.15) is 0 Å². The van der Waals surface area contributed by atoms with Crippen molar-refractivity contribution >= 4 is 21.6 Å². The summed E-state index contributed by atoms with van der Waals surface area (Å²) in [4.78, 5) is 12.7. The summed E-state index contributed by atoms with van der Waals surface area (Å²) < 4.78 is 33.1. The van der Waals surface area contributed by atoms with Crippen LogP contribution in [0, 0.1) is 17.8 Å². The number of nitrogens with one attached hydrogen (secondary N) is 2. The summed E-state index contributed by atoms with van der Waals surface area (Å²) in [6, 6.07) is 13.0. The molecular formula is C23H28N2O4S. The van der Waals surface area contributed by atoms with E-state index in [4.69, 9.17) is 4.74 Å². The van der Waals surface area contributed by atoms with Gasteiger partial charge in [0.05, 0.1) is 17.7 Å². The first-order chi connectivity index (χ1) is 14.4. The van der Waals surface area contributed by atoms with E-state index in [0.29, 0.717) is 22.9 Å². The standard InChI is InChI=1S/C23H28N2O4S/c1-15(20-14-16-7-8-18(20)13-16)24-23(26)17-9-11-19(12-10-17)30(27,28)25-21-5-3-4-6-22(21)29-2/h3-6,9-12,15-16,18,20,25H,7-8,13-14H2,1-2H3,(H,24,26). The second-order valence-electron chi connectivity index (χ2n) is 8.43. The normalized spacial score (nSPS) is 23.7. The highest BCUT2D eigenvalue weighted by molar-refractivity contribution is 7.92. The first kappa shape index (κ1) is 20.7. The Morgan fingerprint density at radius 2 is 1.80 bits per heavy atom. The van der Waals surface area contributed by atoms with Gasteiger partial charge in [-0.3, -0.25) is 9.52 Å². The Morgan fingerprint density at radius 3 is 2.43 bits per heavy atom. The molecule has 160 valence electrons. The number of methoxy groups -OCH3 is 1. The zero-order chi connectivity index (χ0) is 21.3. The van der Waals surface area contributed by atoms with Crippen LogP contribution in [0.5, 0.6) is 5.75 Å². The third-order valence-electron chi connectivity index (χ3n) is 6.57. The van der Waals surface area contributed by atoms with Gasteiger partial charge in [0, 0.05) is 11.6 Å². The molecule has 2 aliphatic carbocycles. The van der Waals surface area contributed by atoms with Crippen LogP contribution < -0.4 is 14.8 Å². The summed E-state index contributed by atoms with van der Waals surface area (Å²) in [6.07, 6.45) is 5.12. The Labute approximate surface area is 178 Å². The number of carbonyl (C=O) groups excluding carboxylic acids is 1. The van der Waals surface area contributed by atoms with Crippen LogP contribution >= 0.6 is 0 Å². The molecule has 4 rings (SSSR count). The molecule has 0 radical (unpaired) electrons. The van der Waals surface area contributed by atoms with Crippen LogP contribution in [0.2, 0.25) is 0 Å². The van der Waals surface area contributed by atoms with Crippen molar-refractivity contribution in [2.45, 2.75) is 43.5 Å². The van der Waals surface area contributed by atoms with Crippen LogP contribution in [0.1, 0.15) is 43.0 Å². The second-order valence-corrected chi connectivity index (χ2v) is 10.1. The molecule has 7 heteroatoms. The number of hydrogen-bond acceptors (Lipinski definition) is 4. The van der Waals surface area contributed by atoms with Gasteiger partial charge in [0.25, 0.3) is 15.9 Å². The quantitative estimate of drug-likeness (QED) is 0.697. The number of fused-ring (bicyclic) bond motifs is 2. The summed E-state index contributed by atoms with van der Waals surface area (Å²) >= 11 is 0.